The number of hydrogen-bond acceptors (Lipinski definition) is 2. The Morgan fingerprint density at radius 2 is 1.33 bits per heavy atom. The van der Waals surface area contributed by atoms with Crippen molar-refractivity contribution in [1.29, 1.82) is 0 Å². The van der Waals surface area contributed by atoms with Gasteiger partial charge in [-0.2, -0.15) is 0 Å². The molecule has 0 saturated carbocycles. The third-order valence-corrected chi connectivity index (χ3v) is 18.7. The van der Waals surface area contributed by atoms with Crippen LogP contribution in [0.15, 0.2) is 4.52 Å². The highest BCUT2D eigenvalue weighted by Gasteiger charge is 2.56. The Balaban J connectivity index is 5.05. The fraction of sp³-hybridized carbons (Fsp3) is 0. The molecule has 0 atom stereocenters. The average molecular weight is 371 g/mol. The third kappa shape index (κ3) is 5.72. The lowest BCUT2D eigenvalue weighted by Gasteiger charge is -2.04. The molecule has 0 aliphatic rings. The van der Waals surface area contributed by atoms with Crippen LogP contribution in [0.3, 0.4) is 0 Å². The molecule has 0 unspecified atom stereocenters. The van der Waals surface area contributed by atoms with Gasteiger partial charge in [-0.3, -0.25) is 0 Å². The van der Waals surface area contributed by atoms with E-state index in [0.29, 0.717) is 0 Å². The summed E-state index contributed by atoms with van der Waals surface area (Å²) in [5.74, 6) is -3.44. The second-order valence-electron chi connectivity index (χ2n) is 1.40. The van der Waals surface area contributed by atoms with Gasteiger partial charge < -0.3 is 0 Å². The molecule has 0 aromatic rings. The van der Waals surface area contributed by atoms with Crippen LogP contribution in [-0.4, -0.2) is 0 Å². The highest BCUT2D eigenvalue weighted by molar-refractivity contribution is 8.74. The fourth-order valence-corrected chi connectivity index (χ4v) is 12.8. The Hall–Kier alpha value is 2.92. The predicted octanol–water partition coefficient (Wildman–Crippen LogP) is 7.47. The molecule has 0 heterocycles. The summed E-state index contributed by atoms with van der Waals surface area (Å²) in [5, 5.41) is -3.15. The minimum absolute atomic E-state index is 3.15. The van der Waals surface area contributed by atoms with Crippen LogP contribution in [0.1, 0.15) is 0 Å². The minimum Gasteiger partial charge on any atom is -0.239 e. The van der Waals surface area contributed by atoms with E-state index in [-0.39, 0.29) is 0 Å². The summed E-state index contributed by atoms with van der Waals surface area (Å²) in [7, 11) is 0. The van der Waals surface area contributed by atoms with Gasteiger partial charge in [0.15, 0.2) is 0 Å². The maximum absolute atomic E-state index is 11.0. The van der Waals surface area contributed by atoms with Crippen LogP contribution in [0.4, 0.5) is 0 Å². The predicted molar refractivity (Wildman–Crippen MR) is 64.8 cm³/mol. The van der Waals surface area contributed by atoms with E-state index in [1.54, 1.807) is 0 Å². The first-order valence-corrected chi connectivity index (χ1v) is 14.2. The van der Waals surface area contributed by atoms with Crippen LogP contribution < -0.4 is 0 Å². The first kappa shape index (κ1) is 14.9. The number of nitrogens with zero attached hydrogens (tertiary/aromatic N) is 1. The first-order chi connectivity index (χ1) is 4.96. The number of halogens is 7. The summed E-state index contributed by atoms with van der Waals surface area (Å²) in [4.78, 5) is 0. The van der Waals surface area contributed by atoms with Gasteiger partial charge >= 0.3 is 11.3 Å². The topological polar surface area (TPSA) is 29.4 Å². The van der Waals surface area contributed by atoms with Crippen molar-refractivity contribution in [3.8, 4) is 0 Å². The second-order valence-corrected chi connectivity index (χ2v) is 23.8. The van der Waals surface area contributed by atoms with E-state index in [4.69, 9.17) is 78.7 Å². The standard InChI is InChI=1S/Cl7NOP3/c1-10(2,3)8-11(4,5)12(6,7)9/q+1. The summed E-state index contributed by atoms with van der Waals surface area (Å²) < 4.78 is 14.3. The molecule has 0 rings (SSSR count). The SMILES string of the molecule is O=P(Cl)(Cl)[P+](Cl)(Cl)N=P(Cl)(Cl)Cl. The highest BCUT2D eigenvalue weighted by Crippen LogP contribution is 3.03. The number of hydrogen-bond donors (Lipinski definition) is 0. The maximum Gasteiger partial charge on any atom is 0.437 e. The van der Waals surface area contributed by atoms with Gasteiger partial charge in [0.2, 0.25) is 0 Å². The average Bonchev–Trinajstić information content (AvgIpc) is 1.52. The van der Waals surface area contributed by atoms with Crippen LogP contribution in [0.25, 0.3) is 0 Å². The lowest BCUT2D eigenvalue weighted by Crippen LogP contribution is -1.58. The minimum atomic E-state index is -3.77. The number of rotatable bonds is 2. The van der Waals surface area contributed by atoms with Gasteiger partial charge in [-0.05, 0) is 33.7 Å². The molecule has 0 N–H and O–H groups in total. The van der Waals surface area contributed by atoms with Crippen molar-refractivity contribution in [1.82, 2.24) is 0 Å². The smallest absolute Gasteiger partial charge is 0.239 e. The second kappa shape index (κ2) is 4.84. The van der Waals surface area contributed by atoms with Crippen molar-refractivity contribution in [2.75, 3.05) is 0 Å². The lowest BCUT2D eigenvalue weighted by molar-refractivity contribution is 0.600. The van der Waals surface area contributed by atoms with Gasteiger partial charge in [-0.25, -0.2) is 4.57 Å². The van der Waals surface area contributed by atoms with Gasteiger partial charge in [0, 0.05) is 22.5 Å². The van der Waals surface area contributed by atoms with Gasteiger partial charge in [-0.1, -0.05) is 4.52 Å². The Morgan fingerprint density at radius 3 is 1.42 bits per heavy atom. The maximum atomic E-state index is 11.0. The van der Waals surface area contributed by atoms with Crippen molar-refractivity contribution in [2.24, 2.45) is 4.52 Å². The summed E-state index contributed by atoms with van der Waals surface area (Å²) in [5.41, 5.74) is -3.77. The van der Waals surface area contributed by atoms with E-state index < -0.39 is 16.5 Å². The quantitative estimate of drug-likeness (QED) is 0.463. The van der Waals surface area contributed by atoms with E-state index in [0.717, 1.165) is 0 Å². The Labute approximate surface area is 103 Å². The molecule has 0 fully saturated rings. The third-order valence-electron chi connectivity index (χ3n) is 0.489. The van der Waals surface area contributed by atoms with Crippen LogP contribution in [0.5, 0.6) is 0 Å². The van der Waals surface area contributed by atoms with Gasteiger partial charge in [0.25, 0.3) is 5.11 Å². The zero-order valence-corrected chi connectivity index (χ0v) is 12.8. The summed E-state index contributed by atoms with van der Waals surface area (Å²) in [6.45, 7) is 0. The van der Waals surface area contributed by atoms with Crippen molar-refractivity contribution in [3.63, 3.8) is 0 Å². The molecule has 0 aromatic heterocycles. The monoisotopic (exact) mass is 368 g/mol. The zero-order valence-electron chi connectivity index (χ0n) is 4.84. The molecule has 0 spiro atoms. The summed E-state index contributed by atoms with van der Waals surface area (Å²) >= 11 is 37.2. The highest BCUT2D eigenvalue weighted by atomic mass is 36.0. The molecular weight excluding hydrogens is 371 g/mol. The molecule has 0 aliphatic heterocycles. The molecular formula is Cl7NOP3+. The van der Waals surface area contributed by atoms with Crippen molar-refractivity contribution < 1.29 is 4.57 Å². The Morgan fingerprint density at radius 1 is 1.00 bits per heavy atom. The molecule has 74 valence electrons. The lowest BCUT2D eigenvalue weighted by atomic mass is 13.9. The van der Waals surface area contributed by atoms with E-state index >= 15 is 0 Å². The Bertz CT molecular complexity index is 250. The molecule has 12 heavy (non-hydrogen) atoms. The first-order valence-electron chi connectivity index (χ1n) is 1.97. The molecule has 0 aliphatic carbocycles. The van der Waals surface area contributed by atoms with Crippen molar-refractivity contribution >= 4 is 95.1 Å². The Kier molecular flexibility index (Phi) is 6.01. The molecule has 0 bridgehead atoms. The largest absolute Gasteiger partial charge is 0.437 e. The van der Waals surface area contributed by atoms with Crippen molar-refractivity contribution in [3.05, 3.63) is 0 Å². The van der Waals surface area contributed by atoms with Crippen LogP contribution >= 0.6 is 95.1 Å². The molecule has 12 heteroatoms. The summed E-state index contributed by atoms with van der Waals surface area (Å²) in [6.07, 6.45) is 0. The fourth-order valence-electron chi connectivity index (χ4n) is 0.169. The van der Waals surface area contributed by atoms with E-state index in [2.05, 4.69) is 4.52 Å². The molecule has 0 saturated heterocycles. The molecule has 0 radical (unpaired) electrons. The van der Waals surface area contributed by atoms with Crippen LogP contribution in [-0.2, 0) is 4.57 Å². The van der Waals surface area contributed by atoms with Crippen molar-refractivity contribution in [2.45, 2.75) is 0 Å². The van der Waals surface area contributed by atoms with Crippen LogP contribution in [0, 0.1) is 0 Å². The van der Waals surface area contributed by atoms with E-state index in [1.807, 2.05) is 0 Å². The molecule has 0 aromatic carbocycles. The normalized spacial score (nSPS) is 14.6. The zero-order chi connectivity index (χ0) is 10.2. The summed E-state index contributed by atoms with van der Waals surface area (Å²) in [6, 6.07) is 0. The van der Waals surface area contributed by atoms with Gasteiger partial charge in [0.1, 0.15) is 22.5 Å². The van der Waals surface area contributed by atoms with Crippen LogP contribution in [0.2, 0.25) is 0 Å². The molecule has 0 amide bonds. The van der Waals surface area contributed by atoms with Gasteiger partial charge in [0.05, 0.1) is 0 Å². The van der Waals surface area contributed by atoms with E-state index in [9.17, 15) is 4.57 Å². The van der Waals surface area contributed by atoms with E-state index in [1.165, 1.54) is 0 Å². The molecule has 2 nitrogen and oxygen atoms in total. The van der Waals surface area contributed by atoms with Gasteiger partial charge in [-0.15, -0.1) is 0 Å².